The summed E-state index contributed by atoms with van der Waals surface area (Å²) in [4.78, 5) is 15.3. The molecule has 1 N–H and O–H groups in total. The summed E-state index contributed by atoms with van der Waals surface area (Å²) in [5, 5.41) is 32.0. The number of aromatic nitrogens is 4. The van der Waals surface area contributed by atoms with E-state index in [0.717, 1.165) is 15.5 Å². The highest BCUT2D eigenvalue weighted by molar-refractivity contribution is 7.99. The van der Waals surface area contributed by atoms with Crippen LogP contribution >= 0.6 is 34.4 Å². The van der Waals surface area contributed by atoms with E-state index in [2.05, 4.69) is 20.6 Å². The van der Waals surface area contributed by atoms with Crippen LogP contribution in [0, 0.1) is 0 Å². The Morgan fingerprint density at radius 2 is 1.94 bits per heavy atom. The molecule has 1 aliphatic heterocycles. The molecule has 0 spiro atoms. The van der Waals surface area contributed by atoms with Crippen LogP contribution in [0.15, 0.2) is 69.5 Å². The third kappa shape index (κ3) is 4.11. The van der Waals surface area contributed by atoms with Crippen LogP contribution in [-0.2, 0) is 4.79 Å². The van der Waals surface area contributed by atoms with Gasteiger partial charge in [-0.2, -0.15) is 9.78 Å². The molecule has 1 aliphatic rings. The summed E-state index contributed by atoms with van der Waals surface area (Å²) < 4.78 is 1.54. The topological polar surface area (TPSA) is 96.5 Å². The molecule has 3 aromatic heterocycles. The van der Waals surface area contributed by atoms with Gasteiger partial charge in [-0.25, -0.2) is 5.01 Å². The summed E-state index contributed by atoms with van der Waals surface area (Å²) in [6.45, 7) is 0. The van der Waals surface area contributed by atoms with Gasteiger partial charge in [0.05, 0.1) is 28.1 Å². The lowest BCUT2D eigenvalue weighted by Crippen LogP contribution is -2.28. The maximum absolute atomic E-state index is 13.1. The zero-order valence-corrected chi connectivity index (χ0v) is 18.5. The second-order valence-corrected chi connectivity index (χ2v) is 9.55. The quantitative estimate of drug-likeness (QED) is 0.430. The number of hydrogen-bond acceptors (Lipinski definition) is 9. The number of hydrogen-bond donors (Lipinski definition) is 1. The number of carbonyl (C=O) groups is 1. The van der Waals surface area contributed by atoms with Crippen LogP contribution in [0.5, 0.6) is 5.75 Å². The van der Waals surface area contributed by atoms with E-state index in [1.165, 1.54) is 11.8 Å². The van der Waals surface area contributed by atoms with E-state index < -0.39 is 0 Å². The molecule has 0 radical (unpaired) electrons. The molecule has 0 fully saturated rings. The molecule has 4 heterocycles. The Kier molecular flexibility index (Phi) is 5.53. The Balaban J connectivity index is 1.34. The average Bonchev–Trinajstić information content (AvgIpc) is 3.58. The zero-order chi connectivity index (χ0) is 21.2. The second-order valence-electron chi connectivity index (χ2n) is 6.68. The van der Waals surface area contributed by atoms with Crippen LogP contribution in [0.4, 0.5) is 0 Å². The van der Waals surface area contributed by atoms with Crippen LogP contribution in [0.3, 0.4) is 0 Å². The molecule has 0 aliphatic carbocycles. The molecule has 11 heteroatoms. The highest BCUT2D eigenvalue weighted by Gasteiger charge is 2.34. The van der Waals surface area contributed by atoms with Crippen molar-refractivity contribution in [3.05, 3.63) is 69.0 Å². The molecule has 156 valence electrons. The van der Waals surface area contributed by atoms with Gasteiger partial charge >= 0.3 is 0 Å². The van der Waals surface area contributed by atoms with Gasteiger partial charge in [0.1, 0.15) is 5.75 Å². The molecule has 8 nitrogen and oxygen atoms in total. The van der Waals surface area contributed by atoms with E-state index in [1.807, 2.05) is 35.0 Å². The number of tetrazole rings is 1. The van der Waals surface area contributed by atoms with Gasteiger partial charge in [0, 0.05) is 11.3 Å². The fourth-order valence-corrected chi connectivity index (χ4v) is 5.53. The molecule has 5 rings (SSSR count). The SMILES string of the molecule is O=C(CSc1nnnn1-c1ccc(O)cc1)N1N=C(c2cccs2)C[C@@H]1c1cccs1. The van der Waals surface area contributed by atoms with Gasteiger partial charge < -0.3 is 5.11 Å². The third-order valence-electron chi connectivity index (χ3n) is 4.70. The van der Waals surface area contributed by atoms with E-state index in [-0.39, 0.29) is 23.5 Å². The fraction of sp³-hybridized carbons (Fsp3) is 0.150. The molecule has 0 saturated carbocycles. The zero-order valence-electron chi connectivity index (χ0n) is 16.0. The predicted molar refractivity (Wildman–Crippen MR) is 121 cm³/mol. The van der Waals surface area contributed by atoms with E-state index in [9.17, 15) is 9.90 Å². The first-order chi connectivity index (χ1) is 15.2. The number of phenolic OH excluding ortho intramolecular Hbond substituents is 1. The van der Waals surface area contributed by atoms with Crippen LogP contribution < -0.4 is 0 Å². The van der Waals surface area contributed by atoms with Crippen molar-refractivity contribution in [1.82, 2.24) is 25.2 Å². The van der Waals surface area contributed by atoms with Crippen molar-refractivity contribution in [2.45, 2.75) is 17.6 Å². The maximum atomic E-state index is 13.1. The number of aromatic hydroxyl groups is 1. The Labute approximate surface area is 189 Å². The summed E-state index contributed by atoms with van der Waals surface area (Å²) in [5.74, 6) is 0.214. The number of thiophene rings is 2. The number of rotatable bonds is 6. The Hall–Kier alpha value is -3.02. The first kappa shape index (κ1) is 19.9. The van der Waals surface area contributed by atoms with Crippen molar-refractivity contribution in [2.24, 2.45) is 5.10 Å². The van der Waals surface area contributed by atoms with E-state index in [1.54, 1.807) is 56.6 Å². The molecular weight excluding hydrogens is 452 g/mol. The van der Waals surface area contributed by atoms with Crippen molar-refractivity contribution in [1.29, 1.82) is 0 Å². The molecule has 1 aromatic carbocycles. The van der Waals surface area contributed by atoms with Crippen molar-refractivity contribution in [3.63, 3.8) is 0 Å². The highest BCUT2D eigenvalue weighted by atomic mass is 32.2. The van der Waals surface area contributed by atoms with Crippen molar-refractivity contribution < 1.29 is 9.90 Å². The van der Waals surface area contributed by atoms with E-state index in [0.29, 0.717) is 17.3 Å². The smallest absolute Gasteiger partial charge is 0.253 e. The molecule has 0 saturated heterocycles. The number of phenols is 1. The molecule has 4 aromatic rings. The van der Waals surface area contributed by atoms with Gasteiger partial charge in [-0.1, -0.05) is 23.9 Å². The summed E-state index contributed by atoms with van der Waals surface area (Å²) >= 11 is 4.51. The normalized spacial score (nSPS) is 15.9. The van der Waals surface area contributed by atoms with E-state index >= 15 is 0 Å². The molecule has 1 atom stereocenters. The first-order valence-electron chi connectivity index (χ1n) is 9.36. The molecular formula is C20H16N6O2S3. The summed E-state index contributed by atoms with van der Waals surface area (Å²) in [6, 6.07) is 14.5. The standard InChI is InChI=1S/C20H16N6O2S3/c27-14-7-5-13(6-8-14)25-20(21-23-24-25)31-12-19(28)26-16(18-4-2-10-30-18)11-15(22-26)17-3-1-9-29-17/h1-10,16,27H,11-12H2/t16-/m1/s1. The summed E-state index contributed by atoms with van der Waals surface area (Å²) in [5.41, 5.74) is 1.63. The molecule has 0 bridgehead atoms. The lowest BCUT2D eigenvalue weighted by atomic mass is 10.1. The summed E-state index contributed by atoms with van der Waals surface area (Å²) in [7, 11) is 0. The number of nitrogens with zero attached hydrogens (tertiary/aromatic N) is 6. The summed E-state index contributed by atoms with van der Waals surface area (Å²) in [6.07, 6.45) is 0.697. The van der Waals surface area contributed by atoms with Crippen molar-refractivity contribution in [2.75, 3.05) is 5.75 Å². The lowest BCUT2D eigenvalue weighted by molar-refractivity contribution is -0.130. The molecule has 0 unspecified atom stereocenters. The van der Waals surface area contributed by atoms with Gasteiger partial charge in [0.15, 0.2) is 0 Å². The van der Waals surface area contributed by atoms with E-state index in [4.69, 9.17) is 0 Å². The predicted octanol–water partition coefficient (Wildman–Crippen LogP) is 3.96. The van der Waals surface area contributed by atoms with Gasteiger partial charge in [-0.15, -0.1) is 27.8 Å². The fourth-order valence-electron chi connectivity index (χ4n) is 3.25. The minimum Gasteiger partial charge on any atom is -0.508 e. The Morgan fingerprint density at radius 1 is 1.13 bits per heavy atom. The Morgan fingerprint density at radius 3 is 2.68 bits per heavy atom. The largest absolute Gasteiger partial charge is 0.508 e. The second kappa shape index (κ2) is 8.61. The minimum absolute atomic E-state index is 0.0988. The minimum atomic E-state index is -0.102. The van der Waals surface area contributed by atoms with Crippen LogP contribution in [0.25, 0.3) is 5.69 Å². The number of thioether (sulfide) groups is 1. The average molecular weight is 469 g/mol. The molecule has 31 heavy (non-hydrogen) atoms. The van der Waals surface area contributed by atoms with Crippen LogP contribution in [0.2, 0.25) is 0 Å². The van der Waals surface area contributed by atoms with Gasteiger partial charge in [-0.05, 0) is 57.6 Å². The maximum Gasteiger partial charge on any atom is 0.253 e. The third-order valence-corrected chi connectivity index (χ3v) is 7.50. The van der Waals surface area contributed by atoms with Gasteiger partial charge in [0.25, 0.3) is 5.91 Å². The highest BCUT2D eigenvalue weighted by Crippen LogP contribution is 2.36. The number of amides is 1. The Bertz CT molecular complexity index is 1200. The van der Waals surface area contributed by atoms with Crippen LogP contribution in [-0.4, -0.2) is 47.7 Å². The first-order valence-corrected chi connectivity index (χ1v) is 12.1. The number of hydrazone groups is 1. The molecule has 1 amide bonds. The van der Waals surface area contributed by atoms with Gasteiger partial charge in [0.2, 0.25) is 5.16 Å². The number of carbonyl (C=O) groups excluding carboxylic acids is 1. The van der Waals surface area contributed by atoms with Crippen molar-refractivity contribution >= 4 is 46.1 Å². The van der Waals surface area contributed by atoms with Gasteiger partial charge in [-0.3, -0.25) is 4.79 Å². The van der Waals surface area contributed by atoms with Crippen molar-refractivity contribution in [3.8, 4) is 11.4 Å². The monoisotopic (exact) mass is 468 g/mol. The van der Waals surface area contributed by atoms with Crippen LogP contribution in [0.1, 0.15) is 22.2 Å². The number of benzene rings is 1. The lowest BCUT2D eigenvalue weighted by Gasteiger charge is -2.20.